The molecule has 8 heteroatoms. The summed E-state index contributed by atoms with van der Waals surface area (Å²) in [6, 6.07) is -0.431. The summed E-state index contributed by atoms with van der Waals surface area (Å²) in [6.45, 7) is 0.520. The molecule has 1 aliphatic rings. The molecule has 0 atom stereocenters. The highest BCUT2D eigenvalue weighted by molar-refractivity contribution is 5.86. The number of carbonyl (C=O) groups excluding carboxylic acids is 2. The number of urea groups is 1. The smallest absolute Gasteiger partial charge is 0.322 e. The van der Waals surface area contributed by atoms with Gasteiger partial charge in [0.2, 0.25) is 5.91 Å². The fourth-order valence-corrected chi connectivity index (χ4v) is 1.74. The van der Waals surface area contributed by atoms with E-state index < -0.39 is 24.5 Å². The van der Waals surface area contributed by atoms with Gasteiger partial charge in [-0.05, 0) is 24.7 Å². The quantitative estimate of drug-likeness (QED) is 0.447. The summed E-state index contributed by atoms with van der Waals surface area (Å²) in [5, 5.41) is 15.6. The molecule has 1 fully saturated rings. The van der Waals surface area contributed by atoms with E-state index in [1.165, 1.54) is 0 Å². The van der Waals surface area contributed by atoms with Crippen molar-refractivity contribution in [2.24, 2.45) is 5.41 Å². The van der Waals surface area contributed by atoms with Gasteiger partial charge in [0, 0.05) is 20.3 Å². The number of nitrogens with one attached hydrogen (secondary N) is 3. The third-order valence-corrected chi connectivity index (χ3v) is 3.26. The molecule has 0 saturated heterocycles. The number of ether oxygens (including phenoxy) is 1. The fraction of sp³-hybridized carbons (Fsp3) is 0.750. The van der Waals surface area contributed by atoms with Gasteiger partial charge in [-0.1, -0.05) is 0 Å². The molecule has 0 bridgehead atoms. The molecule has 0 aliphatic heterocycles. The predicted octanol–water partition coefficient (Wildman–Crippen LogP) is -0.697. The number of rotatable bonds is 9. The van der Waals surface area contributed by atoms with E-state index in [0.29, 0.717) is 13.2 Å². The molecule has 8 nitrogen and oxygen atoms in total. The zero-order chi connectivity index (χ0) is 15.0. The van der Waals surface area contributed by atoms with E-state index in [0.717, 1.165) is 19.3 Å². The molecule has 114 valence electrons. The molecule has 0 unspecified atom stereocenters. The van der Waals surface area contributed by atoms with Crippen LogP contribution in [-0.4, -0.2) is 56.4 Å². The first-order valence-corrected chi connectivity index (χ1v) is 6.46. The molecular formula is C12H21N3O5. The van der Waals surface area contributed by atoms with Crippen molar-refractivity contribution in [2.45, 2.75) is 19.3 Å². The van der Waals surface area contributed by atoms with Crippen LogP contribution in [0.15, 0.2) is 0 Å². The van der Waals surface area contributed by atoms with E-state index in [9.17, 15) is 14.4 Å². The van der Waals surface area contributed by atoms with Gasteiger partial charge in [-0.2, -0.15) is 0 Å². The van der Waals surface area contributed by atoms with Crippen molar-refractivity contribution in [3.63, 3.8) is 0 Å². The lowest BCUT2D eigenvalue weighted by atomic mass is 10.0. The normalized spacial score (nSPS) is 15.2. The number of carboxylic acids is 1. The largest absolute Gasteiger partial charge is 0.480 e. The van der Waals surface area contributed by atoms with Crippen LogP contribution in [0.3, 0.4) is 0 Å². The standard InChI is InChI=1S/C12H21N3O5/c1-20-5-4-12(2-3-12)8-15-11(19)14-6-9(16)13-7-10(17)18/h2-8H2,1H3,(H,13,16)(H,17,18)(H2,14,15,19). The van der Waals surface area contributed by atoms with Crippen molar-refractivity contribution < 1.29 is 24.2 Å². The topological polar surface area (TPSA) is 117 Å². The number of methoxy groups -OCH3 is 1. The Morgan fingerprint density at radius 1 is 1.15 bits per heavy atom. The highest BCUT2D eigenvalue weighted by Crippen LogP contribution is 2.48. The van der Waals surface area contributed by atoms with Gasteiger partial charge in [0.1, 0.15) is 6.54 Å². The monoisotopic (exact) mass is 287 g/mol. The molecule has 3 amide bonds. The van der Waals surface area contributed by atoms with Crippen molar-refractivity contribution in [1.82, 2.24) is 16.0 Å². The summed E-state index contributed by atoms with van der Waals surface area (Å²) in [5.74, 6) is -1.67. The number of aliphatic carboxylic acids is 1. The molecule has 1 rings (SSSR count). The van der Waals surface area contributed by atoms with Gasteiger partial charge in [-0.15, -0.1) is 0 Å². The molecule has 0 heterocycles. The van der Waals surface area contributed by atoms with Gasteiger partial charge in [0.05, 0.1) is 6.54 Å². The maximum atomic E-state index is 11.5. The Balaban J connectivity index is 2.11. The van der Waals surface area contributed by atoms with Gasteiger partial charge >= 0.3 is 12.0 Å². The van der Waals surface area contributed by atoms with Crippen LogP contribution in [0.2, 0.25) is 0 Å². The lowest BCUT2D eigenvalue weighted by molar-refractivity contribution is -0.137. The van der Waals surface area contributed by atoms with Crippen LogP contribution in [0, 0.1) is 5.41 Å². The van der Waals surface area contributed by atoms with Crippen LogP contribution < -0.4 is 16.0 Å². The number of carbonyl (C=O) groups is 3. The SMILES string of the molecule is COCCC1(CNC(=O)NCC(=O)NCC(=O)O)CC1. The molecule has 1 aliphatic carbocycles. The van der Waals surface area contributed by atoms with Gasteiger partial charge in [0.25, 0.3) is 0 Å². The van der Waals surface area contributed by atoms with Crippen molar-refractivity contribution in [3.05, 3.63) is 0 Å². The number of hydrogen-bond donors (Lipinski definition) is 4. The zero-order valence-corrected chi connectivity index (χ0v) is 11.5. The van der Waals surface area contributed by atoms with E-state index in [2.05, 4.69) is 16.0 Å². The predicted molar refractivity (Wildman–Crippen MR) is 70.2 cm³/mol. The van der Waals surface area contributed by atoms with Crippen molar-refractivity contribution in [3.8, 4) is 0 Å². The van der Waals surface area contributed by atoms with E-state index in [4.69, 9.17) is 9.84 Å². The third-order valence-electron chi connectivity index (χ3n) is 3.26. The average molecular weight is 287 g/mol. The summed E-state index contributed by atoms with van der Waals surface area (Å²) in [6.07, 6.45) is 3.04. The van der Waals surface area contributed by atoms with Gasteiger partial charge in [0.15, 0.2) is 0 Å². The minimum absolute atomic E-state index is 0.138. The summed E-state index contributed by atoms with van der Waals surface area (Å²) in [7, 11) is 1.64. The zero-order valence-electron chi connectivity index (χ0n) is 11.5. The second kappa shape index (κ2) is 7.68. The Hall–Kier alpha value is -1.83. The van der Waals surface area contributed by atoms with Gasteiger partial charge in [-0.3, -0.25) is 9.59 Å². The molecule has 0 aromatic carbocycles. The van der Waals surface area contributed by atoms with E-state index >= 15 is 0 Å². The molecule has 4 N–H and O–H groups in total. The minimum Gasteiger partial charge on any atom is -0.480 e. The Bertz CT molecular complexity index is 368. The lowest BCUT2D eigenvalue weighted by Gasteiger charge is -2.15. The maximum Gasteiger partial charge on any atom is 0.322 e. The van der Waals surface area contributed by atoms with Crippen LogP contribution in [-0.2, 0) is 14.3 Å². The third kappa shape index (κ3) is 6.37. The highest BCUT2D eigenvalue weighted by Gasteiger charge is 2.42. The van der Waals surface area contributed by atoms with Crippen molar-refractivity contribution in [1.29, 1.82) is 0 Å². The second-order valence-corrected chi connectivity index (χ2v) is 4.95. The molecular weight excluding hydrogens is 266 g/mol. The Labute approximate surface area is 117 Å². The number of hydrogen-bond acceptors (Lipinski definition) is 4. The minimum atomic E-state index is -1.13. The molecule has 0 aromatic rings. The van der Waals surface area contributed by atoms with E-state index in [-0.39, 0.29) is 12.0 Å². The van der Waals surface area contributed by atoms with E-state index in [1.54, 1.807) is 7.11 Å². The van der Waals surface area contributed by atoms with Gasteiger partial charge < -0.3 is 25.8 Å². The Kier molecular flexibility index (Phi) is 6.23. The van der Waals surface area contributed by atoms with Crippen LogP contribution in [0.4, 0.5) is 4.79 Å². The Morgan fingerprint density at radius 3 is 2.40 bits per heavy atom. The van der Waals surface area contributed by atoms with Crippen LogP contribution >= 0.6 is 0 Å². The van der Waals surface area contributed by atoms with Crippen molar-refractivity contribution in [2.75, 3.05) is 33.4 Å². The second-order valence-electron chi connectivity index (χ2n) is 4.95. The van der Waals surface area contributed by atoms with Crippen molar-refractivity contribution >= 4 is 17.9 Å². The molecule has 20 heavy (non-hydrogen) atoms. The summed E-state index contributed by atoms with van der Waals surface area (Å²) < 4.78 is 5.02. The molecule has 1 saturated carbocycles. The summed E-state index contributed by atoms with van der Waals surface area (Å²) in [5.41, 5.74) is 0.138. The first-order chi connectivity index (χ1) is 9.47. The first kappa shape index (κ1) is 16.2. The number of amides is 3. The van der Waals surface area contributed by atoms with Crippen LogP contribution in [0.1, 0.15) is 19.3 Å². The molecule has 0 aromatic heterocycles. The lowest BCUT2D eigenvalue weighted by Crippen LogP contribution is -2.44. The molecule has 0 spiro atoms. The maximum absolute atomic E-state index is 11.5. The fourth-order valence-electron chi connectivity index (χ4n) is 1.74. The summed E-state index contributed by atoms with van der Waals surface area (Å²) >= 11 is 0. The van der Waals surface area contributed by atoms with Gasteiger partial charge in [-0.25, -0.2) is 4.79 Å². The number of carboxylic acid groups (broad SMARTS) is 1. The Morgan fingerprint density at radius 2 is 1.85 bits per heavy atom. The molecule has 0 radical (unpaired) electrons. The van der Waals surface area contributed by atoms with Crippen LogP contribution in [0.25, 0.3) is 0 Å². The van der Waals surface area contributed by atoms with E-state index in [1.807, 2.05) is 0 Å². The average Bonchev–Trinajstić information content (AvgIpc) is 3.19. The first-order valence-electron chi connectivity index (χ1n) is 6.46. The summed E-state index contributed by atoms with van der Waals surface area (Å²) in [4.78, 5) is 32.9. The van der Waals surface area contributed by atoms with Crippen LogP contribution in [0.5, 0.6) is 0 Å². The highest BCUT2D eigenvalue weighted by atomic mass is 16.5.